The molecule has 0 bridgehead atoms. The number of aryl methyl sites for hydroxylation is 2. The molecular weight excluding hydrogens is 497 g/mol. The summed E-state index contributed by atoms with van der Waals surface area (Å²) in [6.07, 6.45) is 8.62. The highest BCUT2D eigenvalue weighted by atomic mass is 35.5. The van der Waals surface area contributed by atoms with Crippen LogP contribution in [0.4, 0.5) is 20.6 Å². The zero-order valence-corrected chi connectivity index (χ0v) is 20.6. The number of benzene rings is 2. The number of rotatable bonds is 6. The molecule has 0 spiro atoms. The van der Waals surface area contributed by atoms with E-state index in [0.717, 1.165) is 11.3 Å². The van der Waals surface area contributed by atoms with Gasteiger partial charge >= 0.3 is 6.03 Å². The summed E-state index contributed by atoms with van der Waals surface area (Å²) < 4.78 is 23.9. The number of amides is 2. The van der Waals surface area contributed by atoms with E-state index < -0.39 is 11.8 Å². The van der Waals surface area contributed by atoms with E-state index in [1.807, 2.05) is 26.4 Å². The van der Waals surface area contributed by atoms with Crippen LogP contribution in [0.2, 0.25) is 5.02 Å². The van der Waals surface area contributed by atoms with E-state index in [9.17, 15) is 9.18 Å². The van der Waals surface area contributed by atoms with Gasteiger partial charge in [0.15, 0.2) is 0 Å². The average Bonchev–Trinajstić information content (AvgIpc) is 3.49. The standard InChI is InChI=1S/C26H21ClFN7O2/c1-16-13-35(15-30-16)20-8-18(27)7-19(9-20)32-26(36)33-25-11-21(3-4-23(25)28)37-22-5-6-29-24(10-22)17-12-31-34(2)14-17/h3-15H,1-2H3,(H2,32,33,36). The van der Waals surface area contributed by atoms with Crippen LogP contribution in [-0.4, -0.2) is 30.3 Å². The van der Waals surface area contributed by atoms with Gasteiger partial charge in [-0.05, 0) is 43.3 Å². The number of anilines is 2. The number of carbonyl (C=O) groups is 1. The largest absolute Gasteiger partial charge is 0.457 e. The van der Waals surface area contributed by atoms with Crippen LogP contribution in [0.5, 0.6) is 11.5 Å². The summed E-state index contributed by atoms with van der Waals surface area (Å²) in [7, 11) is 1.82. The van der Waals surface area contributed by atoms with E-state index >= 15 is 0 Å². The first-order chi connectivity index (χ1) is 17.8. The number of nitrogens with one attached hydrogen (secondary N) is 2. The maximum atomic E-state index is 14.5. The number of aromatic nitrogens is 5. The van der Waals surface area contributed by atoms with Gasteiger partial charge in [-0.2, -0.15) is 5.10 Å². The number of urea groups is 1. The minimum absolute atomic E-state index is 0.0518. The predicted molar refractivity (Wildman–Crippen MR) is 139 cm³/mol. The summed E-state index contributed by atoms with van der Waals surface area (Å²) in [5.74, 6) is 0.214. The number of ether oxygens (including phenoxy) is 1. The van der Waals surface area contributed by atoms with E-state index in [4.69, 9.17) is 16.3 Å². The molecule has 3 aromatic heterocycles. The average molecular weight is 518 g/mol. The van der Waals surface area contributed by atoms with E-state index in [0.29, 0.717) is 33.6 Å². The molecule has 186 valence electrons. The summed E-state index contributed by atoms with van der Waals surface area (Å²) in [5.41, 5.74) is 3.44. The maximum Gasteiger partial charge on any atom is 0.323 e. The van der Waals surface area contributed by atoms with Crippen molar-refractivity contribution in [3.63, 3.8) is 0 Å². The van der Waals surface area contributed by atoms with Crippen LogP contribution < -0.4 is 15.4 Å². The molecule has 0 unspecified atom stereocenters. The Balaban J connectivity index is 1.30. The smallest absolute Gasteiger partial charge is 0.323 e. The van der Waals surface area contributed by atoms with E-state index in [1.165, 1.54) is 18.2 Å². The van der Waals surface area contributed by atoms with Gasteiger partial charge in [0.05, 0.1) is 35.3 Å². The molecule has 0 aliphatic carbocycles. The summed E-state index contributed by atoms with van der Waals surface area (Å²) in [6, 6.07) is 11.9. The van der Waals surface area contributed by atoms with Crippen molar-refractivity contribution >= 4 is 29.0 Å². The molecule has 2 aromatic carbocycles. The fourth-order valence-electron chi connectivity index (χ4n) is 3.63. The second kappa shape index (κ2) is 10.1. The van der Waals surface area contributed by atoms with Crippen LogP contribution in [0, 0.1) is 12.7 Å². The van der Waals surface area contributed by atoms with Crippen molar-refractivity contribution in [1.29, 1.82) is 0 Å². The van der Waals surface area contributed by atoms with Crippen molar-refractivity contribution in [2.24, 2.45) is 7.05 Å². The molecule has 3 heterocycles. The zero-order chi connectivity index (χ0) is 25.9. The van der Waals surface area contributed by atoms with E-state index in [2.05, 4.69) is 25.7 Å². The van der Waals surface area contributed by atoms with Gasteiger partial charge in [-0.25, -0.2) is 14.2 Å². The van der Waals surface area contributed by atoms with Gasteiger partial charge in [-0.15, -0.1) is 0 Å². The molecule has 2 amide bonds. The molecule has 0 saturated carbocycles. The Bertz CT molecular complexity index is 1600. The summed E-state index contributed by atoms with van der Waals surface area (Å²) in [5, 5.41) is 9.77. The van der Waals surface area contributed by atoms with E-state index in [-0.39, 0.29) is 5.69 Å². The second-order valence-corrected chi connectivity index (χ2v) is 8.66. The number of hydrogen-bond acceptors (Lipinski definition) is 5. The quantitative estimate of drug-likeness (QED) is 0.279. The van der Waals surface area contributed by atoms with Crippen LogP contribution >= 0.6 is 11.6 Å². The molecule has 0 aliphatic heterocycles. The van der Waals surface area contributed by atoms with Crippen molar-refractivity contribution < 1.29 is 13.9 Å². The van der Waals surface area contributed by atoms with Gasteiger partial charge in [-0.1, -0.05) is 11.6 Å². The fourth-order valence-corrected chi connectivity index (χ4v) is 3.86. The molecule has 0 saturated heterocycles. The molecule has 2 N–H and O–H groups in total. The molecular formula is C26H21ClFN7O2. The van der Waals surface area contributed by atoms with Crippen LogP contribution in [0.15, 0.2) is 79.6 Å². The van der Waals surface area contributed by atoms with Gasteiger partial charge in [0, 0.05) is 54.0 Å². The van der Waals surface area contributed by atoms with Crippen molar-refractivity contribution in [3.05, 3.63) is 96.2 Å². The summed E-state index contributed by atoms with van der Waals surface area (Å²) in [6.45, 7) is 1.87. The monoisotopic (exact) mass is 517 g/mol. The van der Waals surface area contributed by atoms with Crippen molar-refractivity contribution in [1.82, 2.24) is 24.3 Å². The number of carbonyl (C=O) groups excluding carboxylic acids is 1. The van der Waals surface area contributed by atoms with Gasteiger partial charge in [0.1, 0.15) is 17.3 Å². The molecule has 0 aliphatic rings. The Morgan fingerprint density at radius 2 is 1.86 bits per heavy atom. The third-order valence-electron chi connectivity index (χ3n) is 5.30. The van der Waals surface area contributed by atoms with Crippen LogP contribution in [0.3, 0.4) is 0 Å². The number of pyridine rings is 1. The maximum absolute atomic E-state index is 14.5. The van der Waals surface area contributed by atoms with Crippen LogP contribution in [0.25, 0.3) is 16.9 Å². The third kappa shape index (κ3) is 5.76. The number of nitrogens with zero attached hydrogens (tertiary/aromatic N) is 5. The minimum atomic E-state index is -0.645. The fraction of sp³-hybridized carbons (Fsp3) is 0.0769. The Hall–Kier alpha value is -4.70. The topological polar surface area (TPSA) is 98.9 Å². The van der Waals surface area contributed by atoms with Crippen molar-refractivity contribution in [2.45, 2.75) is 6.92 Å². The third-order valence-corrected chi connectivity index (χ3v) is 5.52. The number of halogens is 2. The minimum Gasteiger partial charge on any atom is -0.457 e. The number of imidazole rings is 1. The second-order valence-electron chi connectivity index (χ2n) is 8.22. The first-order valence-electron chi connectivity index (χ1n) is 11.1. The molecule has 0 fully saturated rings. The van der Waals surface area contributed by atoms with Crippen LogP contribution in [-0.2, 0) is 7.05 Å². The highest BCUT2D eigenvalue weighted by Gasteiger charge is 2.12. The van der Waals surface area contributed by atoms with E-state index in [1.54, 1.807) is 58.3 Å². The van der Waals surface area contributed by atoms with Gasteiger partial charge in [0.2, 0.25) is 0 Å². The van der Waals surface area contributed by atoms with Gasteiger partial charge in [-0.3, -0.25) is 9.67 Å². The first kappa shape index (κ1) is 24.0. The highest BCUT2D eigenvalue weighted by molar-refractivity contribution is 6.31. The predicted octanol–water partition coefficient (Wildman–Crippen LogP) is 6.21. The lowest BCUT2D eigenvalue weighted by atomic mass is 10.2. The molecule has 5 rings (SSSR count). The first-order valence-corrected chi connectivity index (χ1v) is 11.5. The van der Waals surface area contributed by atoms with Crippen LogP contribution in [0.1, 0.15) is 5.69 Å². The lowest BCUT2D eigenvalue weighted by molar-refractivity contribution is 0.262. The molecule has 0 radical (unpaired) electrons. The zero-order valence-electron chi connectivity index (χ0n) is 19.8. The van der Waals surface area contributed by atoms with Gasteiger partial charge in [0.25, 0.3) is 0 Å². The van der Waals surface area contributed by atoms with Gasteiger partial charge < -0.3 is 19.9 Å². The number of hydrogen-bond donors (Lipinski definition) is 2. The molecule has 0 atom stereocenters. The lowest BCUT2D eigenvalue weighted by Gasteiger charge is -2.12. The SMILES string of the molecule is Cc1cn(-c2cc(Cl)cc(NC(=O)Nc3cc(Oc4ccnc(-c5cnn(C)c5)c4)ccc3F)c2)cn1. The lowest BCUT2D eigenvalue weighted by Crippen LogP contribution is -2.20. The van der Waals surface area contributed by atoms with Crippen molar-refractivity contribution in [3.8, 4) is 28.4 Å². The molecule has 37 heavy (non-hydrogen) atoms. The Morgan fingerprint density at radius 1 is 1.03 bits per heavy atom. The Kier molecular flexibility index (Phi) is 6.57. The van der Waals surface area contributed by atoms with Crippen molar-refractivity contribution in [2.75, 3.05) is 10.6 Å². The summed E-state index contributed by atoms with van der Waals surface area (Å²) in [4.78, 5) is 21.2. The normalized spacial score (nSPS) is 10.8. The molecule has 5 aromatic rings. The Labute approximate surface area is 216 Å². The summed E-state index contributed by atoms with van der Waals surface area (Å²) >= 11 is 6.23. The molecule has 9 nitrogen and oxygen atoms in total. The molecule has 11 heteroatoms. The highest BCUT2D eigenvalue weighted by Crippen LogP contribution is 2.29. The Morgan fingerprint density at radius 3 is 2.62 bits per heavy atom.